The number of halogens is 1. The van der Waals surface area contributed by atoms with E-state index in [-0.39, 0.29) is 23.3 Å². The Balaban J connectivity index is 1.44. The average molecular weight is 452 g/mol. The number of rotatable bonds is 4. The molecule has 0 unspecified atom stereocenters. The number of thiazole rings is 1. The highest BCUT2D eigenvalue weighted by Crippen LogP contribution is 2.34. The van der Waals surface area contributed by atoms with Crippen molar-refractivity contribution >= 4 is 44.0 Å². The Morgan fingerprint density at radius 2 is 1.97 bits per heavy atom. The quantitative estimate of drug-likeness (QED) is 0.497. The zero-order valence-corrected chi connectivity index (χ0v) is 18.3. The zero-order chi connectivity index (χ0) is 22.4. The van der Waals surface area contributed by atoms with Crippen LogP contribution in [0.3, 0.4) is 0 Å². The topological polar surface area (TPSA) is 92.7 Å². The summed E-state index contributed by atoms with van der Waals surface area (Å²) in [5.41, 5.74) is 8.71. The van der Waals surface area contributed by atoms with Crippen molar-refractivity contribution in [2.75, 3.05) is 25.0 Å². The first-order valence-corrected chi connectivity index (χ1v) is 11.2. The van der Waals surface area contributed by atoms with Crippen LogP contribution in [-0.4, -0.2) is 41.3 Å². The summed E-state index contributed by atoms with van der Waals surface area (Å²) in [6.07, 6.45) is 3.37. The van der Waals surface area contributed by atoms with Crippen LogP contribution in [0.1, 0.15) is 23.2 Å². The van der Waals surface area contributed by atoms with E-state index in [1.807, 2.05) is 16.7 Å². The van der Waals surface area contributed by atoms with Gasteiger partial charge in [-0.1, -0.05) is 11.3 Å². The van der Waals surface area contributed by atoms with Gasteiger partial charge in [-0.2, -0.15) is 0 Å². The predicted molar refractivity (Wildman–Crippen MR) is 123 cm³/mol. The molecule has 7 nitrogen and oxygen atoms in total. The Labute approximate surface area is 187 Å². The fourth-order valence-electron chi connectivity index (χ4n) is 4.25. The van der Waals surface area contributed by atoms with Gasteiger partial charge in [-0.15, -0.1) is 0 Å². The van der Waals surface area contributed by atoms with Crippen LogP contribution in [0.5, 0.6) is 0 Å². The minimum atomic E-state index is -0.484. The lowest BCUT2D eigenvalue weighted by Crippen LogP contribution is -2.38. The predicted octanol–water partition coefficient (Wildman–Crippen LogP) is 3.42. The maximum atomic E-state index is 14.7. The second-order valence-corrected chi connectivity index (χ2v) is 8.98. The fraction of sp³-hybridized carbons (Fsp3) is 0.261. The Morgan fingerprint density at radius 1 is 1.19 bits per heavy atom. The number of benzene rings is 2. The van der Waals surface area contributed by atoms with Crippen molar-refractivity contribution < 1.29 is 14.0 Å². The molecule has 164 valence electrons. The minimum absolute atomic E-state index is 0.0377. The highest BCUT2D eigenvalue weighted by atomic mass is 32.1. The summed E-state index contributed by atoms with van der Waals surface area (Å²) in [7, 11) is 1.51. The van der Waals surface area contributed by atoms with Crippen LogP contribution >= 0.6 is 11.3 Å². The zero-order valence-electron chi connectivity index (χ0n) is 17.5. The molecule has 2 amide bonds. The molecule has 4 aromatic rings. The summed E-state index contributed by atoms with van der Waals surface area (Å²) < 4.78 is 17.7. The number of primary amides is 1. The van der Waals surface area contributed by atoms with Crippen LogP contribution in [-0.2, 0) is 4.79 Å². The molecule has 3 heterocycles. The number of aromatic nitrogens is 2. The smallest absolute Gasteiger partial charge is 0.251 e. The SMILES string of the molecule is CNC(=O)c1ccc(-c2cn3c(n2)sc2cc(N4CCC(C(N)=O)CC4)ccc23)c(F)c1. The number of anilines is 1. The third-order valence-electron chi connectivity index (χ3n) is 6.07. The molecule has 9 heteroatoms. The maximum absolute atomic E-state index is 14.7. The van der Waals surface area contributed by atoms with Gasteiger partial charge in [0, 0.05) is 49.1 Å². The van der Waals surface area contributed by atoms with Gasteiger partial charge in [0.1, 0.15) is 5.82 Å². The van der Waals surface area contributed by atoms with Gasteiger partial charge in [0.2, 0.25) is 5.91 Å². The number of nitrogens with zero attached hydrogens (tertiary/aromatic N) is 3. The van der Waals surface area contributed by atoms with Crippen LogP contribution < -0.4 is 16.0 Å². The summed E-state index contributed by atoms with van der Waals surface area (Å²) in [6.45, 7) is 1.61. The van der Waals surface area contributed by atoms with Crippen LogP contribution in [0.15, 0.2) is 42.6 Å². The molecule has 0 bridgehead atoms. The van der Waals surface area contributed by atoms with Gasteiger partial charge in [-0.25, -0.2) is 9.37 Å². The van der Waals surface area contributed by atoms with E-state index < -0.39 is 5.82 Å². The molecule has 0 spiro atoms. The molecule has 0 radical (unpaired) electrons. The molecule has 1 aliphatic heterocycles. The molecule has 2 aromatic carbocycles. The molecular formula is C23H22FN5O2S. The largest absolute Gasteiger partial charge is 0.371 e. The first-order chi connectivity index (χ1) is 15.4. The maximum Gasteiger partial charge on any atom is 0.251 e. The van der Waals surface area contributed by atoms with E-state index in [1.54, 1.807) is 23.5 Å². The Hall–Kier alpha value is -3.46. The van der Waals surface area contributed by atoms with Crippen LogP contribution in [0.2, 0.25) is 0 Å². The first-order valence-electron chi connectivity index (χ1n) is 10.4. The molecule has 32 heavy (non-hydrogen) atoms. The van der Waals surface area contributed by atoms with E-state index in [0.717, 1.165) is 46.8 Å². The number of fused-ring (bicyclic) bond motifs is 3. The molecule has 2 aromatic heterocycles. The van der Waals surface area contributed by atoms with Crippen LogP contribution in [0, 0.1) is 11.7 Å². The first kappa shape index (κ1) is 20.4. The van der Waals surface area contributed by atoms with E-state index in [4.69, 9.17) is 5.73 Å². The van der Waals surface area contributed by atoms with E-state index in [1.165, 1.54) is 13.1 Å². The van der Waals surface area contributed by atoms with Crippen LogP contribution in [0.25, 0.3) is 26.4 Å². The number of nitrogens with two attached hydrogens (primary N) is 1. The minimum Gasteiger partial charge on any atom is -0.371 e. The Morgan fingerprint density at radius 3 is 2.66 bits per heavy atom. The van der Waals surface area contributed by atoms with Gasteiger partial charge in [0.15, 0.2) is 4.96 Å². The third kappa shape index (κ3) is 3.48. The molecule has 0 saturated carbocycles. The Bertz CT molecular complexity index is 1350. The van der Waals surface area contributed by atoms with Crippen molar-refractivity contribution in [2.24, 2.45) is 11.7 Å². The van der Waals surface area contributed by atoms with E-state index in [0.29, 0.717) is 11.3 Å². The average Bonchev–Trinajstić information content (AvgIpc) is 3.35. The molecule has 5 rings (SSSR count). The normalized spacial score (nSPS) is 14.9. The van der Waals surface area contributed by atoms with Gasteiger partial charge in [-0.3, -0.25) is 14.0 Å². The lowest BCUT2D eigenvalue weighted by Gasteiger charge is -2.32. The van der Waals surface area contributed by atoms with Gasteiger partial charge in [0.05, 0.1) is 15.9 Å². The summed E-state index contributed by atoms with van der Waals surface area (Å²) >= 11 is 1.54. The molecule has 3 N–H and O–H groups in total. The molecular weight excluding hydrogens is 429 g/mol. The lowest BCUT2D eigenvalue weighted by molar-refractivity contribution is -0.122. The third-order valence-corrected chi connectivity index (χ3v) is 7.09. The van der Waals surface area contributed by atoms with Gasteiger partial charge < -0.3 is 16.0 Å². The summed E-state index contributed by atoms with van der Waals surface area (Å²) in [6, 6.07) is 10.7. The van der Waals surface area contributed by atoms with Crippen molar-refractivity contribution in [1.29, 1.82) is 0 Å². The summed E-state index contributed by atoms with van der Waals surface area (Å²) in [4.78, 5) is 30.8. The number of nitrogens with one attached hydrogen (secondary N) is 1. The van der Waals surface area contributed by atoms with Crippen molar-refractivity contribution in [3.8, 4) is 11.3 Å². The number of carbonyl (C=O) groups excluding carboxylic acids is 2. The number of hydrogen-bond acceptors (Lipinski definition) is 5. The van der Waals surface area contributed by atoms with E-state index >= 15 is 0 Å². The lowest BCUT2D eigenvalue weighted by atomic mass is 9.96. The monoisotopic (exact) mass is 451 g/mol. The molecule has 0 aliphatic carbocycles. The fourth-order valence-corrected chi connectivity index (χ4v) is 5.29. The highest BCUT2D eigenvalue weighted by Gasteiger charge is 2.23. The number of amides is 2. The van der Waals surface area contributed by atoms with Gasteiger partial charge in [0.25, 0.3) is 5.91 Å². The second-order valence-electron chi connectivity index (χ2n) is 7.97. The second kappa shape index (κ2) is 7.90. The van der Waals surface area contributed by atoms with Crippen molar-refractivity contribution in [3.05, 3.63) is 54.0 Å². The van der Waals surface area contributed by atoms with E-state index in [9.17, 15) is 14.0 Å². The summed E-state index contributed by atoms with van der Waals surface area (Å²) in [5, 5.41) is 2.49. The van der Waals surface area contributed by atoms with Crippen molar-refractivity contribution in [2.45, 2.75) is 12.8 Å². The summed E-state index contributed by atoms with van der Waals surface area (Å²) in [5.74, 6) is -1.07. The van der Waals surface area contributed by atoms with E-state index in [2.05, 4.69) is 27.3 Å². The van der Waals surface area contributed by atoms with Crippen molar-refractivity contribution in [3.63, 3.8) is 0 Å². The van der Waals surface area contributed by atoms with Crippen LogP contribution in [0.4, 0.5) is 10.1 Å². The Kier molecular flexibility index (Phi) is 5.05. The molecule has 1 aliphatic rings. The number of carbonyl (C=O) groups is 2. The molecule has 1 saturated heterocycles. The molecule has 1 fully saturated rings. The number of imidazole rings is 1. The standard InChI is InChI=1S/C23H22FN5O2S/c1-26-22(31)14-2-4-16(17(24)10-14)18-12-29-19-5-3-15(11-20(19)32-23(29)27-18)28-8-6-13(7-9-28)21(25)30/h2-5,10-13H,6-9H2,1H3,(H2,25,30)(H,26,31). The van der Waals surface area contributed by atoms with Gasteiger partial charge >= 0.3 is 0 Å². The van der Waals surface area contributed by atoms with Gasteiger partial charge in [-0.05, 0) is 49.2 Å². The highest BCUT2D eigenvalue weighted by molar-refractivity contribution is 7.23. The number of hydrogen-bond donors (Lipinski definition) is 2. The molecule has 0 atom stereocenters. The van der Waals surface area contributed by atoms with Crippen molar-refractivity contribution in [1.82, 2.24) is 14.7 Å². The number of piperidine rings is 1.